The minimum atomic E-state index is 0.395. The lowest BCUT2D eigenvalue weighted by molar-refractivity contribution is 0.524. The van der Waals surface area contributed by atoms with Crippen LogP contribution < -0.4 is 10.2 Å². The first-order chi connectivity index (χ1) is 9.81. The molecule has 3 rings (SSSR count). The third-order valence-electron chi connectivity index (χ3n) is 4.46. The number of nitrogens with zero attached hydrogens (tertiary/aromatic N) is 2. The van der Waals surface area contributed by atoms with E-state index in [1.165, 1.54) is 43.6 Å². The summed E-state index contributed by atoms with van der Waals surface area (Å²) in [5.41, 5.74) is 2.51. The van der Waals surface area contributed by atoms with Gasteiger partial charge in [0.1, 0.15) is 0 Å². The van der Waals surface area contributed by atoms with E-state index in [1.807, 2.05) is 0 Å². The highest BCUT2D eigenvalue weighted by molar-refractivity contribution is 5.47. The Labute approximate surface area is 122 Å². The van der Waals surface area contributed by atoms with Gasteiger partial charge in [-0.2, -0.15) is 0 Å². The molecule has 1 N–H and O–H groups in total. The predicted octanol–water partition coefficient (Wildman–Crippen LogP) is 3.52. The molecule has 20 heavy (non-hydrogen) atoms. The normalized spacial score (nSPS) is 19.9. The van der Waals surface area contributed by atoms with E-state index in [1.54, 1.807) is 0 Å². The molecule has 0 radical (unpaired) electrons. The summed E-state index contributed by atoms with van der Waals surface area (Å²) in [6, 6.07) is 5.68. The van der Waals surface area contributed by atoms with Gasteiger partial charge < -0.3 is 10.2 Å². The average Bonchev–Trinajstić information content (AvgIpc) is 3.36. The Morgan fingerprint density at radius 1 is 1.25 bits per heavy atom. The number of aromatic nitrogens is 1. The second kappa shape index (κ2) is 6.13. The molecule has 1 aromatic rings. The molecule has 1 atom stereocenters. The highest BCUT2D eigenvalue weighted by atomic mass is 15.2. The van der Waals surface area contributed by atoms with Crippen LogP contribution in [0.3, 0.4) is 0 Å². The number of anilines is 1. The molecule has 1 heterocycles. The molecule has 2 aliphatic carbocycles. The fourth-order valence-electron chi connectivity index (χ4n) is 2.91. The van der Waals surface area contributed by atoms with Gasteiger partial charge in [-0.15, -0.1) is 0 Å². The van der Waals surface area contributed by atoms with Crippen LogP contribution in [0.25, 0.3) is 0 Å². The molecular formula is C17H27N3. The van der Waals surface area contributed by atoms with Gasteiger partial charge >= 0.3 is 0 Å². The number of hydrogen-bond acceptors (Lipinski definition) is 3. The van der Waals surface area contributed by atoms with E-state index < -0.39 is 0 Å². The quantitative estimate of drug-likeness (QED) is 0.785. The van der Waals surface area contributed by atoms with E-state index >= 15 is 0 Å². The van der Waals surface area contributed by atoms with Gasteiger partial charge in [-0.1, -0.05) is 13.8 Å². The summed E-state index contributed by atoms with van der Waals surface area (Å²) in [6.45, 7) is 6.61. The van der Waals surface area contributed by atoms with Crippen LogP contribution >= 0.6 is 0 Å². The minimum Gasteiger partial charge on any atom is -0.367 e. The van der Waals surface area contributed by atoms with Crippen LogP contribution in [0.2, 0.25) is 0 Å². The SMILES string of the molecule is CCNC(CC)c1ccc(N(CC2CC2)C2CC2)cn1. The second-order valence-corrected chi connectivity index (χ2v) is 6.29. The van der Waals surface area contributed by atoms with Gasteiger partial charge in [-0.3, -0.25) is 4.98 Å². The van der Waals surface area contributed by atoms with E-state index in [9.17, 15) is 0 Å². The van der Waals surface area contributed by atoms with Gasteiger partial charge in [0.25, 0.3) is 0 Å². The summed E-state index contributed by atoms with van der Waals surface area (Å²) in [7, 11) is 0. The zero-order valence-electron chi connectivity index (χ0n) is 12.8. The number of pyridine rings is 1. The van der Waals surface area contributed by atoms with Crippen molar-refractivity contribution in [1.29, 1.82) is 0 Å². The molecule has 110 valence electrons. The van der Waals surface area contributed by atoms with Gasteiger partial charge in [0.05, 0.1) is 17.6 Å². The smallest absolute Gasteiger partial charge is 0.0574 e. The highest BCUT2D eigenvalue weighted by Gasteiger charge is 2.33. The molecule has 0 bridgehead atoms. The van der Waals surface area contributed by atoms with Crippen LogP contribution in [-0.2, 0) is 0 Å². The van der Waals surface area contributed by atoms with Gasteiger partial charge in [-0.25, -0.2) is 0 Å². The fraction of sp³-hybridized carbons (Fsp3) is 0.706. The monoisotopic (exact) mass is 273 g/mol. The van der Waals surface area contributed by atoms with Gasteiger partial charge in [-0.05, 0) is 56.7 Å². The van der Waals surface area contributed by atoms with Crippen LogP contribution in [-0.4, -0.2) is 24.1 Å². The summed E-state index contributed by atoms with van der Waals surface area (Å²) in [5, 5.41) is 3.50. The molecule has 2 aliphatic rings. The van der Waals surface area contributed by atoms with E-state index in [2.05, 4.69) is 42.4 Å². The fourth-order valence-corrected chi connectivity index (χ4v) is 2.91. The lowest BCUT2D eigenvalue weighted by Gasteiger charge is -2.25. The number of hydrogen-bond donors (Lipinski definition) is 1. The third kappa shape index (κ3) is 3.32. The predicted molar refractivity (Wildman–Crippen MR) is 84.0 cm³/mol. The van der Waals surface area contributed by atoms with Crippen molar-refractivity contribution in [2.75, 3.05) is 18.0 Å². The third-order valence-corrected chi connectivity index (χ3v) is 4.46. The van der Waals surface area contributed by atoms with Crippen LogP contribution in [0.1, 0.15) is 57.7 Å². The summed E-state index contributed by atoms with van der Waals surface area (Å²) in [6.07, 6.45) is 8.76. The first-order valence-corrected chi connectivity index (χ1v) is 8.27. The van der Waals surface area contributed by atoms with Gasteiger partial charge in [0, 0.05) is 18.6 Å². The number of nitrogens with one attached hydrogen (secondary N) is 1. The molecule has 2 saturated carbocycles. The van der Waals surface area contributed by atoms with E-state index in [0.717, 1.165) is 24.9 Å². The Bertz CT molecular complexity index is 420. The Hall–Kier alpha value is -1.09. The van der Waals surface area contributed by atoms with Crippen molar-refractivity contribution in [3.8, 4) is 0 Å². The number of rotatable bonds is 8. The molecule has 0 aliphatic heterocycles. The van der Waals surface area contributed by atoms with Gasteiger partial charge in [0.15, 0.2) is 0 Å². The molecule has 1 unspecified atom stereocenters. The van der Waals surface area contributed by atoms with Crippen molar-refractivity contribution >= 4 is 5.69 Å². The van der Waals surface area contributed by atoms with Crippen molar-refractivity contribution < 1.29 is 0 Å². The van der Waals surface area contributed by atoms with E-state index in [-0.39, 0.29) is 0 Å². The molecule has 1 aromatic heterocycles. The molecular weight excluding hydrogens is 246 g/mol. The summed E-state index contributed by atoms with van der Waals surface area (Å²) >= 11 is 0. The highest BCUT2D eigenvalue weighted by Crippen LogP contribution is 2.37. The zero-order chi connectivity index (χ0) is 13.9. The van der Waals surface area contributed by atoms with Crippen molar-refractivity contribution in [2.45, 2.75) is 58.0 Å². The van der Waals surface area contributed by atoms with E-state index in [0.29, 0.717) is 6.04 Å². The Morgan fingerprint density at radius 3 is 2.55 bits per heavy atom. The summed E-state index contributed by atoms with van der Waals surface area (Å²) in [5.74, 6) is 0.945. The standard InChI is InChI=1S/C17H27N3/c1-3-16(18-4-2)17-10-9-15(11-19-17)20(14-7-8-14)12-13-5-6-13/h9-11,13-14,16,18H,3-8,12H2,1-2H3. The minimum absolute atomic E-state index is 0.395. The Balaban J connectivity index is 1.69. The van der Waals surface area contributed by atoms with Crippen LogP contribution in [0.5, 0.6) is 0 Å². The lowest BCUT2D eigenvalue weighted by atomic mass is 10.1. The average molecular weight is 273 g/mol. The Kier molecular flexibility index (Phi) is 4.25. The molecule has 0 aromatic carbocycles. The molecule has 0 amide bonds. The van der Waals surface area contributed by atoms with Gasteiger partial charge in [0.2, 0.25) is 0 Å². The molecule has 0 saturated heterocycles. The van der Waals surface area contributed by atoms with Crippen molar-refractivity contribution in [3.05, 3.63) is 24.0 Å². The van der Waals surface area contributed by atoms with Crippen LogP contribution in [0.4, 0.5) is 5.69 Å². The maximum Gasteiger partial charge on any atom is 0.0574 e. The summed E-state index contributed by atoms with van der Waals surface area (Å²) < 4.78 is 0. The van der Waals surface area contributed by atoms with Crippen molar-refractivity contribution in [1.82, 2.24) is 10.3 Å². The van der Waals surface area contributed by atoms with Crippen molar-refractivity contribution in [2.24, 2.45) is 5.92 Å². The molecule has 3 heteroatoms. The topological polar surface area (TPSA) is 28.2 Å². The lowest BCUT2D eigenvalue weighted by Crippen LogP contribution is -2.28. The summed E-state index contributed by atoms with van der Waals surface area (Å²) in [4.78, 5) is 7.32. The second-order valence-electron chi connectivity index (χ2n) is 6.29. The molecule has 3 nitrogen and oxygen atoms in total. The zero-order valence-corrected chi connectivity index (χ0v) is 12.8. The largest absolute Gasteiger partial charge is 0.367 e. The maximum atomic E-state index is 4.72. The van der Waals surface area contributed by atoms with Crippen LogP contribution in [0.15, 0.2) is 18.3 Å². The first-order valence-electron chi connectivity index (χ1n) is 8.27. The Morgan fingerprint density at radius 2 is 2.05 bits per heavy atom. The molecule has 2 fully saturated rings. The van der Waals surface area contributed by atoms with Crippen LogP contribution in [0, 0.1) is 5.92 Å². The first kappa shape index (κ1) is 13.9. The maximum absolute atomic E-state index is 4.72. The molecule has 0 spiro atoms. The van der Waals surface area contributed by atoms with Crippen molar-refractivity contribution in [3.63, 3.8) is 0 Å². The van der Waals surface area contributed by atoms with E-state index in [4.69, 9.17) is 4.98 Å².